The number of thioether (sulfide) groups is 1. The summed E-state index contributed by atoms with van der Waals surface area (Å²) in [5.74, 6) is 0.771. The summed E-state index contributed by atoms with van der Waals surface area (Å²) in [6.45, 7) is 2.67. The predicted octanol–water partition coefficient (Wildman–Crippen LogP) is 4.41. The van der Waals surface area contributed by atoms with Crippen LogP contribution in [-0.4, -0.2) is 37.2 Å². The molecule has 0 spiro atoms. The third-order valence-corrected chi connectivity index (χ3v) is 7.86. The Morgan fingerprint density at radius 2 is 1.70 bits per heavy atom. The summed E-state index contributed by atoms with van der Waals surface area (Å²) in [5, 5.41) is 22.0. The molecule has 0 bridgehead atoms. The Bertz CT molecular complexity index is 1310. The number of aliphatic hydroxyl groups is 1. The fourth-order valence-electron chi connectivity index (χ4n) is 4.52. The number of rotatable bonds is 8. The van der Waals surface area contributed by atoms with Gasteiger partial charge in [-0.05, 0) is 44.3 Å². The Labute approximate surface area is 220 Å². The van der Waals surface area contributed by atoms with Gasteiger partial charge < -0.3 is 20.3 Å². The molecule has 37 heavy (non-hydrogen) atoms. The molecule has 1 aromatic heterocycles. The molecule has 5 rings (SSSR count). The van der Waals surface area contributed by atoms with Gasteiger partial charge in [0, 0.05) is 30.8 Å². The highest BCUT2D eigenvalue weighted by Gasteiger charge is 2.38. The summed E-state index contributed by atoms with van der Waals surface area (Å²) in [4.78, 5) is 0. The molecule has 0 saturated carbocycles. The topological polar surface area (TPSA) is 108 Å². The molecule has 4 aromatic rings. The van der Waals surface area contributed by atoms with Gasteiger partial charge in [0.15, 0.2) is 6.29 Å². The SMILES string of the molecule is C[C@H]1[C@@H](CSc2nnnn2C)O[C@@H](c2ccc(-c3cccc(CN)c3)cc2)O[C@H]1c1ccc(CO)cc1. The lowest BCUT2D eigenvalue weighted by molar-refractivity contribution is -0.268. The van der Waals surface area contributed by atoms with Crippen molar-refractivity contribution < 1.29 is 14.6 Å². The van der Waals surface area contributed by atoms with Gasteiger partial charge in [-0.3, -0.25) is 0 Å². The van der Waals surface area contributed by atoms with Crippen LogP contribution in [0.1, 0.15) is 41.6 Å². The Kier molecular flexibility index (Phi) is 7.97. The minimum atomic E-state index is -0.522. The maximum atomic E-state index is 9.46. The van der Waals surface area contributed by atoms with E-state index < -0.39 is 6.29 Å². The molecule has 2 heterocycles. The van der Waals surface area contributed by atoms with Crippen molar-refractivity contribution in [2.75, 3.05) is 5.75 Å². The minimum absolute atomic E-state index is 0.0125. The smallest absolute Gasteiger partial charge is 0.209 e. The number of tetrazole rings is 1. The summed E-state index contributed by atoms with van der Waals surface area (Å²) in [5.41, 5.74) is 12.1. The Morgan fingerprint density at radius 3 is 2.38 bits per heavy atom. The van der Waals surface area contributed by atoms with Gasteiger partial charge in [0.25, 0.3) is 0 Å². The van der Waals surface area contributed by atoms with Crippen LogP contribution in [0.5, 0.6) is 0 Å². The summed E-state index contributed by atoms with van der Waals surface area (Å²) in [6.07, 6.45) is -0.786. The molecule has 1 saturated heterocycles. The Hall–Kier alpha value is -3.08. The highest BCUT2D eigenvalue weighted by molar-refractivity contribution is 7.99. The number of aryl methyl sites for hydroxylation is 1. The third kappa shape index (κ3) is 5.76. The van der Waals surface area contributed by atoms with Gasteiger partial charge >= 0.3 is 0 Å². The molecule has 3 N–H and O–H groups in total. The second kappa shape index (κ2) is 11.5. The average molecular weight is 518 g/mol. The van der Waals surface area contributed by atoms with E-state index in [1.807, 2.05) is 43.4 Å². The zero-order valence-electron chi connectivity index (χ0n) is 20.9. The normalized spacial score (nSPS) is 21.7. The van der Waals surface area contributed by atoms with Gasteiger partial charge in [-0.15, -0.1) is 5.10 Å². The predicted molar refractivity (Wildman–Crippen MR) is 142 cm³/mol. The van der Waals surface area contributed by atoms with E-state index in [1.54, 1.807) is 16.4 Å². The van der Waals surface area contributed by atoms with Crippen LogP contribution in [0.15, 0.2) is 78.0 Å². The lowest BCUT2D eigenvalue weighted by atomic mass is 9.91. The van der Waals surface area contributed by atoms with Crippen LogP contribution in [0.4, 0.5) is 0 Å². The largest absolute Gasteiger partial charge is 0.392 e. The fraction of sp³-hybridized carbons (Fsp3) is 0.321. The van der Waals surface area contributed by atoms with E-state index in [0.29, 0.717) is 12.3 Å². The lowest BCUT2D eigenvalue weighted by Crippen LogP contribution is -2.38. The summed E-state index contributed by atoms with van der Waals surface area (Å²) in [7, 11) is 1.83. The summed E-state index contributed by atoms with van der Waals surface area (Å²) in [6, 6.07) is 24.5. The van der Waals surface area contributed by atoms with Crippen LogP contribution >= 0.6 is 11.8 Å². The molecular weight excluding hydrogens is 486 g/mol. The van der Waals surface area contributed by atoms with Gasteiger partial charge in [-0.25, -0.2) is 4.68 Å². The zero-order valence-corrected chi connectivity index (χ0v) is 21.7. The van der Waals surface area contributed by atoms with E-state index in [9.17, 15) is 5.11 Å². The lowest BCUT2D eigenvalue weighted by Gasteiger charge is -2.41. The summed E-state index contributed by atoms with van der Waals surface area (Å²) < 4.78 is 14.7. The van der Waals surface area contributed by atoms with Gasteiger partial charge in [0.1, 0.15) is 0 Å². The molecule has 3 aromatic carbocycles. The van der Waals surface area contributed by atoms with Crippen molar-refractivity contribution in [3.8, 4) is 11.1 Å². The first-order chi connectivity index (χ1) is 18.1. The Balaban J connectivity index is 1.40. The van der Waals surface area contributed by atoms with Gasteiger partial charge in [-0.2, -0.15) is 0 Å². The number of hydrogen-bond donors (Lipinski definition) is 2. The number of nitrogens with zero attached hydrogens (tertiary/aromatic N) is 4. The maximum absolute atomic E-state index is 9.46. The molecule has 1 fully saturated rings. The number of ether oxygens (including phenoxy) is 2. The van der Waals surface area contributed by atoms with Crippen LogP contribution in [0.3, 0.4) is 0 Å². The molecule has 0 radical (unpaired) electrons. The first-order valence-electron chi connectivity index (χ1n) is 12.3. The van der Waals surface area contributed by atoms with Crippen molar-refractivity contribution in [3.05, 3.63) is 95.1 Å². The summed E-state index contributed by atoms with van der Waals surface area (Å²) >= 11 is 1.57. The molecule has 1 aliphatic heterocycles. The second-order valence-corrected chi connectivity index (χ2v) is 10.2. The molecular formula is C28H31N5O3S. The highest BCUT2D eigenvalue weighted by Crippen LogP contribution is 2.43. The van der Waals surface area contributed by atoms with Crippen molar-refractivity contribution in [2.24, 2.45) is 18.7 Å². The van der Waals surface area contributed by atoms with Crippen LogP contribution in [-0.2, 0) is 29.7 Å². The van der Waals surface area contributed by atoms with Crippen molar-refractivity contribution >= 4 is 11.8 Å². The van der Waals surface area contributed by atoms with Crippen LogP contribution in [0.25, 0.3) is 11.1 Å². The molecule has 0 amide bonds. The first kappa shape index (κ1) is 25.6. The fourth-order valence-corrected chi connectivity index (χ4v) is 5.53. The number of benzene rings is 3. The van der Waals surface area contributed by atoms with Gasteiger partial charge in [0.2, 0.25) is 5.16 Å². The molecule has 9 heteroatoms. The molecule has 0 unspecified atom stereocenters. The van der Waals surface area contributed by atoms with E-state index in [1.165, 1.54) is 0 Å². The van der Waals surface area contributed by atoms with E-state index in [-0.39, 0.29) is 24.7 Å². The minimum Gasteiger partial charge on any atom is -0.392 e. The van der Waals surface area contributed by atoms with Crippen LogP contribution < -0.4 is 5.73 Å². The quantitative estimate of drug-likeness (QED) is 0.331. The highest BCUT2D eigenvalue weighted by atomic mass is 32.2. The molecule has 192 valence electrons. The molecule has 1 aliphatic rings. The van der Waals surface area contributed by atoms with Crippen LogP contribution in [0.2, 0.25) is 0 Å². The number of aliphatic hydroxyl groups excluding tert-OH is 1. The van der Waals surface area contributed by atoms with E-state index in [4.69, 9.17) is 15.2 Å². The third-order valence-electron chi connectivity index (χ3n) is 6.76. The molecule has 8 nitrogen and oxygen atoms in total. The van der Waals surface area contributed by atoms with Crippen molar-refractivity contribution in [1.82, 2.24) is 20.2 Å². The van der Waals surface area contributed by atoms with Gasteiger partial charge in [0.05, 0.1) is 18.8 Å². The number of hydrogen-bond acceptors (Lipinski definition) is 8. The van der Waals surface area contributed by atoms with Crippen molar-refractivity contribution in [3.63, 3.8) is 0 Å². The average Bonchev–Trinajstić information content (AvgIpc) is 3.37. The standard InChI is InChI=1S/C28H31N5O3S/c1-18-25(17-37-28-30-31-32-33(28)2)35-27(36-26(18)22-8-6-19(16-34)7-9-22)23-12-10-21(11-13-23)24-5-3-4-20(14-24)15-29/h3-14,18,25-27,34H,15-17,29H2,1-2H3/t18-,25+,26+,27+/m0/s1. The van der Waals surface area contributed by atoms with Crippen molar-refractivity contribution in [1.29, 1.82) is 0 Å². The second-order valence-electron chi connectivity index (χ2n) is 9.24. The maximum Gasteiger partial charge on any atom is 0.209 e. The monoisotopic (exact) mass is 517 g/mol. The zero-order chi connectivity index (χ0) is 25.8. The van der Waals surface area contributed by atoms with E-state index in [2.05, 4.69) is 58.8 Å². The number of nitrogens with two attached hydrogens (primary N) is 1. The van der Waals surface area contributed by atoms with Crippen molar-refractivity contribution in [2.45, 2.75) is 43.7 Å². The van der Waals surface area contributed by atoms with E-state index in [0.717, 1.165) is 38.5 Å². The van der Waals surface area contributed by atoms with Crippen LogP contribution in [0, 0.1) is 5.92 Å². The van der Waals surface area contributed by atoms with Gasteiger partial charge in [-0.1, -0.05) is 85.4 Å². The van der Waals surface area contributed by atoms with E-state index >= 15 is 0 Å². The number of aromatic nitrogens is 4. The molecule has 4 atom stereocenters. The Morgan fingerprint density at radius 1 is 0.946 bits per heavy atom. The molecule has 0 aliphatic carbocycles. The first-order valence-corrected chi connectivity index (χ1v) is 13.3.